The van der Waals surface area contributed by atoms with Crippen molar-refractivity contribution in [3.8, 4) is 5.88 Å². The highest BCUT2D eigenvalue weighted by Crippen LogP contribution is 2.27. The smallest absolute Gasteiger partial charge is 0.252 e. The van der Waals surface area contributed by atoms with E-state index in [0.717, 1.165) is 31.7 Å². The lowest BCUT2D eigenvalue weighted by atomic mass is 9.91. The van der Waals surface area contributed by atoms with Gasteiger partial charge in [0.15, 0.2) is 11.6 Å². The zero-order chi connectivity index (χ0) is 21.5. The monoisotopic (exact) mass is 418 g/mol. The van der Waals surface area contributed by atoms with Crippen molar-refractivity contribution in [1.29, 1.82) is 0 Å². The van der Waals surface area contributed by atoms with E-state index in [-0.39, 0.29) is 29.3 Å². The second-order valence-electron chi connectivity index (χ2n) is 7.13. The van der Waals surface area contributed by atoms with Crippen molar-refractivity contribution in [2.45, 2.75) is 37.8 Å². The van der Waals surface area contributed by atoms with Crippen molar-refractivity contribution < 1.29 is 18.7 Å². The number of nitrogens with zero attached hydrogens (tertiary/aromatic N) is 2. The normalized spacial score (nSPS) is 18.6. The van der Waals surface area contributed by atoms with Crippen LogP contribution in [0, 0.1) is 5.82 Å². The number of ether oxygens (including phenoxy) is 2. The Hall–Kier alpha value is -2.98. The van der Waals surface area contributed by atoms with Crippen molar-refractivity contribution in [2.24, 2.45) is 11.5 Å². The molecule has 0 saturated heterocycles. The van der Waals surface area contributed by atoms with Crippen molar-refractivity contribution in [2.75, 3.05) is 31.0 Å². The van der Waals surface area contributed by atoms with E-state index >= 15 is 0 Å². The van der Waals surface area contributed by atoms with E-state index in [4.69, 9.17) is 20.9 Å². The summed E-state index contributed by atoms with van der Waals surface area (Å²) in [5.41, 5.74) is 12.1. The molecule has 1 unspecified atom stereocenters. The number of anilines is 3. The van der Waals surface area contributed by atoms with Crippen LogP contribution in [-0.2, 0) is 4.74 Å². The largest absolute Gasteiger partial charge is 0.475 e. The molecule has 9 nitrogen and oxygen atoms in total. The molecule has 1 fully saturated rings. The molecule has 1 saturated carbocycles. The number of rotatable bonds is 9. The van der Waals surface area contributed by atoms with Gasteiger partial charge in [-0.25, -0.2) is 14.4 Å². The number of hydrogen-bond acceptors (Lipinski definition) is 8. The molecule has 1 aliphatic carbocycles. The Balaban J connectivity index is 1.83. The quantitative estimate of drug-likeness (QED) is 0.455. The molecular weight excluding hydrogens is 391 g/mol. The predicted octanol–water partition coefficient (Wildman–Crippen LogP) is 2.17. The van der Waals surface area contributed by atoms with Gasteiger partial charge < -0.3 is 31.6 Å². The number of methoxy groups -OCH3 is 1. The summed E-state index contributed by atoms with van der Waals surface area (Å²) in [6, 6.07) is 4.21. The molecule has 0 aromatic carbocycles. The fraction of sp³-hybridized carbons (Fsp3) is 0.450. The molecule has 1 amide bonds. The molecule has 0 aliphatic heterocycles. The van der Waals surface area contributed by atoms with Gasteiger partial charge in [-0.3, -0.25) is 4.79 Å². The highest BCUT2D eigenvalue weighted by Gasteiger charge is 2.24. The van der Waals surface area contributed by atoms with Crippen molar-refractivity contribution in [1.82, 2.24) is 9.97 Å². The molecule has 1 aliphatic rings. The molecule has 0 spiro atoms. The van der Waals surface area contributed by atoms with E-state index in [1.165, 1.54) is 6.20 Å². The van der Waals surface area contributed by atoms with Gasteiger partial charge in [0.25, 0.3) is 5.91 Å². The van der Waals surface area contributed by atoms with Crippen molar-refractivity contribution in [3.05, 3.63) is 35.8 Å². The molecule has 0 radical (unpaired) electrons. The Morgan fingerprint density at radius 2 is 2.07 bits per heavy atom. The zero-order valence-electron chi connectivity index (χ0n) is 16.9. The summed E-state index contributed by atoms with van der Waals surface area (Å²) >= 11 is 0. The molecule has 2 aromatic rings. The van der Waals surface area contributed by atoms with Gasteiger partial charge in [0.05, 0.1) is 12.2 Å². The summed E-state index contributed by atoms with van der Waals surface area (Å²) in [5.74, 6) is -0.938. The first-order valence-corrected chi connectivity index (χ1v) is 9.85. The third-order valence-corrected chi connectivity index (χ3v) is 4.92. The van der Waals surface area contributed by atoms with Crippen LogP contribution in [0.25, 0.3) is 0 Å². The molecule has 10 heteroatoms. The Morgan fingerprint density at radius 3 is 2.80 bits per heavy atom. The van der Waals surface area contributed by atoms with E-state index in [1.807, 2.05) is 0 Å². The number of pyridine rings is 2. The number of nitrogens with two attached hydrogens (primary N) is 2. The maximum Gasteiger partial charge on any atom is 0.252 e. The minimum atomic E-state index is -0.796. The van der Waals surface area contributed by atoms with Crippen LogP contribution in [0.15, 0.2) is 24.4 Å². The lowest BCUT2D eigenvalue weighted by Gasteiger charge is -2.30. The SMILES string of the molecule is COCCOc1cc(Nc2nc(NC3CCCC[C@@H]3N)c(F)cc2C(N)=O)ccn1. The number of aromatic nitrogens is 2. The second-order valence-corrected chi connectivity index (χ2v) is 7.13. The van der Waals surface area contributed by atoms with Crippen LogP contribution in [0.1, 0.15) is 36.0 Å². The number of amides is 1. The minimum Gasteiger partial charge on any atom is -0.475 e. The predicted molar refractivity (Wildman–Crippen MR) is 111 cm³/mol. The third kappa shape index (κ3) is 5.55. The highest BCUT2D eigenvalue weighted by atomic mass is 19.1. The van der Waals surface area contributed by atoms with Gasteiger partial charge in [-0.15, -0.1) is 0 Å². The van der Waals surface area contributed by atoms with E-state index in [2.05, 4.69) is 20.6 Å². The van der Waals surface area contributed by atoms with E-state index in [1.54, 1.807) is 19.2 Å². The Labute approximate surface area is 174 Å². The topological polar surface area (TPSA) is 137 Å². The van der Waals surface area contributed by atoms with Gasteiger partial charge >= 0.3 is 0 Å². The van der Waals surface area contributed by atoms with Gasteiger partial charge in [-0.05, 0) is 25.0 Å². The van der Waals surface area contributed by atoms with Gasteiger partial charge in [-0.2, -0.15) is 0 Å². The Bertz CT molecular complexity index is 882. The zero-order valence-corrected chi connectivity index (χ0v) is 16.9. The molecule has 0 bridgehead atoms. The van der Waals surface area contributed by atoms with Gasteiger partial charge in [0.2, 0.25) is 5.88 Å². The lowest BCUT2D eigenvalue weighted by Crippen LogP contribution is -2.43. The lowest BCUT2D eigenvalue weighted by molar-refractivity contribution is 0.100. The van der Waals surface area contributed by atoms with Crippen molar-refractivity contribution >= 4 is 23.2 Å². The highest BCUT2D eigenvalue weighted by molar-refractivity contribution is 5.98. The fourth-order valence-electron chi connectivity index (χ4n) is 3.32. The summed E-state index contributed by atoms with van der Waals surface area (Å²) in [5, 5.41) is 6.08. The van der Waals surface area contributed by atoms with Crippen molar-refractivity contribution in [3.63, 3.8) is 0 Å². The van der Waals surface area contributed by atoms with Crippen LogP contribution in [0.2, 0.25) is 0 Å². The minimum absolute atomic E-state index is 0.0236. The Kier molecular flexibility index (Phi) is 7.36. The number of carbonyl (C=O) groups excluding carboxylic acids is 1. The molecule has 3 rings (SSSR count). The number of carbonyl (C=O) groups is 1. The molecule has 162 valence electrons. The average Bonchev–Trinajstić information content (AvgIpc) is 2.72. The first kappa shape index (κ1) is 21.7. The van der Waals surface area contributed by atoms with E-state index in [0.29, 0.717) is 24.8 Å². The summed E-state index contributed by atoms with van der Waals surface area (Å²) in [6.07, 6.45) is 5.31. The molecule has 2 atom stereocenters. The van der Waals surface area contributed by atoms with E-state index in [9.17, 15) is 9.18 Å². The van der Waals surface area contributed by atoms with Crippen LogP contribution in [0.5, 0.6) is 5.88 Å². The molecule has 2 heterocycles. The first-order valence-electron chi connectivity index (χ1n) is 9.85. The number of halogens is 1. The summed E-state index contributed by atoms with van der Waals surface area (Å²) in [7, 11) is 1.58. The van der Waals surface area contributed by atoms with Crippen LogP contribution in [0.4, 0.5) is 21.7 Å². The van der Waals surface area contributed by atoms with E-state index < -0.39 is 11.7 Å². The van der Waals surface area contributed by atoms with Gasteiger partial charge in [0, 0.05) is 37.1 Å². The fourth-order valence-corrected chi connectivity index (χ4v) is 3.32. The van der Waals surface area contributed by atoms with Crippen LogP contribution in [0.3, 0.4) is 0 Å². The van der Waals surface area contributed by atoms with Crippen LogP contribution in [-0.4, -0.2) is 48.3 Å². The third-order valence-electron chi connectivity index (χ3n) is 4.92. The van der Waals surface area contributed by atoms with Crippen LogP contribution < -0.4 is 26.8 Å². The Morgan fingerprint density at radius 1 is 1.27 bits per heavy atom. The maximum atomic E-state index is 14.6. The maximum absolute atomic E-state index is 14.6. The summed E-state index contributed by atoms with van der Waals surface area (Å²) in [4.78, 5) is 20.2. The average molecular weight is 418 g/mol. The van der Waals surface area contributed by atoms with Gasteiger partial charge in [0.1, 0.15) is 12.4 Å². The van der Waals surface area contributed by atoms with Crippen LogP contribution >= 0.6 is 0 Å². The molecule has 2 aromatic heterocycles. The molecule has 30 heavy (non-hydrogen) atoms. The summed E-state index contributed by atoms with van der Waals surface area (Å²) in [6.45, 7) is 0.757. The summed E-state index contributed by atoms with van der Waals surface area (Å²) < 4.78 is 25.0. The van der Waals surface area contributed by atoms with Gasteiger partial charge in [-0.1, -0.05) is 12.8 Å². The number of nitrogens with one attached hydrogen (secondary N) is 2. The number of hydrogen-bond donors (Lipinski definition) is 4. The second kappa shape index (κ2) is 10.2. The standard InChI is InChI=1S/C20H27FN6O3/c1-29-8-9-30-17-10-12(6-7-24-17)25-19-13(18(23)28)11-14(21)20(27-19)26-16-5-3-2-4-15(16)22/h6-7,10-11,15-16H,2-5,8-9,22H2,1H3,(H2,23,28)(H2,24,25,26,27)/t15-,16?/m0/s1. The number of primary amides is 1. The molecular formula is C20H27FN6O3. The first-order chi connectivity index (χ1) is 14.5. The molecule has 6 N–H and O–H groups in total.